The predicted octanol–water partition coefficient (Wildman–Crippen LogP) is 1.92. The first-order valence-corrected chi connectivity index (χ1v) is 7.82. The Labute approximate surface area is 134 Å². The molecular formula is C16H18N4O3. The summed E-state index contributed by atoms with van der Waals surface area (Å²) in [5.41, 5.74) is 0.693. The van der Waals surface area contributed by atoms with Crippen molar-refractivity contribution in [2.45, 2.75) is 19.3 Å². The van der Waals surface area contributed by atoms with Crippen molar-refractivity contribution < 1.29 is 9.72 Å². The number of carbonyl (C=O) groups is 1. The van der Waals surface area contributed by atoms with E-state index in [2.05, 4.69) is 4.90 Å². The average molecular weight is 314 g/mol. The third kappa shape index (κ3) is 2.97. The Morgan fingerprint density at radius 1 is 1.26 bits per heavy atom. The quantitative estimate of drug-likeness (QED) is 0.628. The van der Waals surface area contributed by atoms with Gasteiger partial charge in [-0.05, 0) is 25.0 Å². The monoisotopic (exact) mass is 314 g/mol. The van der Waals surface area contributed by atoms with E-state index in [0.29, 0.717) is 26.2 Å². The Bertz CT molecular complexity index is 670. The van der Waals surface area contributed by atoms with E-state index in [9.17, 15) is 14.9 Å². The highest BCUT2D eigenvalue weighted by atomic mass is 16.6. The maximum absolute atomic E-state index is 12.2. The van der Waals surface area contributed by atoms with E-state index in [1.54, 1.807) is 12.1 Å². The fourth-order valence-corrected chi connectivity index (χ4v) is 3.07. The number of hydrogen-bond donors (Lipinski definition) is 0. The molecule has 2 fully saturated rings. The van der Waals surface area contributed by atoms with Gasteiger partial charge in [-0.1, -0.05) is 6.42 Å². The van der Waals surface area contributed by atoms with Crippen LogP contribution in [0.1, 0.15) is 24.8 Å². The molecule has 7 nitrogen and oxygen atoms in total. The molecule has 1 aliphatic carbocycles. The molecule has 0 N–H and O–H groups in total. The van der Waals surface area contributed by atoms with Crippen LogP contribution in [-0.4, -0.2) is 41.9 Å². The number of nitrogens with zero attached hydrogens (tertiary/aromatic N) is 4. The van der Waals surface area contributed by atoms with Gasteiger partial charge in [0, 0.05) is 43.9 Å². The van der Waals surface area contributed by atoms with Crippen LogP contribution >= 0.6 is 0 Å². The molecule has 0 spiro atoms. The van der Waals surface area contributed by atoms with Crippen LogP contribution < -0.4 is 4.90 Å². The number of nitro groups is 1. The van der Waals surface area contributed by atoms with Crippen LogP contribution in [0.2, 0.25) is 0 Å². The third-order valence-electron chi connectivity index (χ3n) is 4.71. The number of rotatable bonds is 3. The highest BCUT2D eigenvalue weighted by molar-refractivity contribution is 5.80. The van der Waals surface area contributed by atoms with Gasteiger partial charge < -0.3 is 9.80 Å². The van der Waals surface area contributed by atoms with Gasteiger partial charge in [0.25, 0.3) is 5.69 Å². The molecule has 2 aliphatic rings. The zero-order valence-electron chi connectivity index (χ0n) is 12.8. The van der Waals surface area contributed by atoms with Crippen LogP contribution in [0.3, 0.4) is 0 Å². The first kappa shape index (κ1) is 15.3. The molecule has 7 heteroatoms. The molecule has 1 amide bonds. The van der Waals surface area contributed by atoms with Crippen LogP contribution in [0, 0.1) is 27.4 Å². The Morgan fingerprint density at radius 3 is 2.48 bits per heavy atom. The summed E-state index contributed by atoms with van der Waals surface area (Å²) in [6.07, 6.45) is 3.16. The SMILES string of the molecule is N#Cc1cc(N2CCN(C(=O)C3CCC3)CC2)ccc1[N+](=O)[O-]. The number of hydrogen-bond acceptors (Lipinski definition) is 5. The summed E-state index contributed by atoms with van der Waals surface area (Å²) >= 11 is 0. The van der Waals surface area contributed by atoms with Gasteiger partial charge in [0.15, 0.2) is 0 Å². The fourth-order valence-electron chi connectivity index (χ4n) is 3.07. The van der Waals surface area contributed by atoms with Crippen LogP contribution in [0.4, 0.5) is 11.4 Å². The highest BCUT2D eigenvalue weighted by Gasteiger charge is 2.31. The standard InChI is InChI=1S/C16H18N4O3/c17-11-13-10-14(4-5-15(13)20(22)23)18-6-8-19(9-7-18)16(21)12-2-1-3-12/h4-5,10,12H,1-3,6-9H2. The highest BCUT2D eigenvalue weighted by Crippen LogP contribution is 2.29. The summed E-state index contributed by atoms with van der Waals surface area (Å²) in [6, 6.07) is 6.48. The van der Waals surface area contributed by atoms with Crippen LogP contribution in [0.15, 0.2) is 18.2 Å². The van der Waals surface area contributed by atoms with Gasteiger partial charge in [0.1, 0.15) is 11.6 Å². The van der Waals surface area contributed by atoms with Crippen molar-refractivity contribution in [3.05, 3.63) is 33.9 Å². The molecule has 23 heavy (non-hydrogen) atoms. The summed E-state index contributed by atoms with van der Waals surface area (Å²) in [5.74, 6) is 0.475. The molecule has 0 aromatic heterocycles. The summed E-state index contributed by atoms with van der Waals surface area (Å²) in [5, 5.41) is 20.0. The van der Waals surface area contributed by atoms with Crippen LogP contribution in [-0.2, 0) is 4.79 Å². The fraction of sp³-hybridized carbons (Fsp3) is 0.500. The molecule has 0 bridgehead atoms. The van der Waals surface area contributed by atoms with Crippen molar-refractivity contribution in [1.82, 2.24) is 4.90 Å². The minimum atomic E-state index is -0.544. The van der Waals surface area contributed by atoms with Crippen molar-refractivity contribution in [1.29, 1.82) is 5.26 Å². The third-order valence-corrected chi connectivity index (χ3v) is 4.71. The van der Waals surface area contributed by atoms with E-state index < -0.39 is 4.92 Å². The molecule has 1 aromatic carbocycles. The normalized spacial score (nSPS) is 18.2. The van der Waals surface area contributed by atoms with Crippen molar-refractivity contribution in [2.24, 2.45) is 5.92 Å². The molecule has 1 aliphatic heterocycles. The van der Waals surface area contributed by atoms with Gasteiger partial charge in [-0.15, -0.1) is 0 Å². The van der Waals surface area contributed by atoms with E-state index in [1.165, 1.54) is 6.07 Å². The number of piperazine rings is 1. The van der Waals surface area contributed by atoms with E-state index >= 15 is 0 Å². The van der Waals surface area contributed by atoms with E-state index in [4.69, 9.17) is 5.26 Å². The molecule has 0 atom stereocenters. The number of nitriles is 1. The number of carbonyl (C=O) groups excluding carboxylic acids is 1. The first-order valence-electron chi connectivity index (χ1n) is 7.82. The minimum Gasteiger partial charge on any atom is -0.368 e. The maximum Gasteiger partial charge on any atom is 0.287 e. The summed E-state index contributed by atoms with van der Waals surface area (Å²) < 4.78 is 0. The van der Waals surface area contributed by atoms with Crippen molar-refractivity contribution in [2.75, 3.05) is 31.1 Å². The lowest BCUT2D eigenvalue weighted by atomic mass is 9.84. The lowest BCUT2D eigenvalue weighted by Crippen LogP contribution is -2.51. The Hall–Kier alpha value is -2.62. The molecule has 0 unspecified atom stereocenters. The zero-order chi connectivity index (χ0) is 16.4. The van der Waals surface area contributed by atoms with Gasteiger partial charge in [-0.25, -0.2) is 0 Å². The maximum atomic E-state index is 12.2. The van der Waals surface area contributed by atoms with Crippen molar-refractivity contribution >= 4 is 17.3 Å². The predicted molar refractivity (Wildman–Crippen MR) is 83.9 cm³/mol. The zero-order valence-corrected chi connectivity index (χ0v) is 12.8. The van der Waals surface area contributed by atoms with Gasteiger partial charge in [-0.3, -0.25) is 14.9 Å². The minimum absolute atomic E-state index is 0.0699. The Kier molecular flexibility index (Phi) is 4.15. The number of anilines is 1. The molecule has 0 radical (unpaired) electrons. The van der Waals surface area contributed by atoms with Gasteiger partial charge in [0.05, 0.1) is 4.92 Å². The molecular weight excluding hydrogens is 296 g/mol. The number of benzene rings is 1. The van der Waals surface area contributed by atoms with E-state index in [-0.39, 0.29) is 23.1 Å². The van der Waals surface area contributed by atoms with Gasteiger partial charge in [-0.2, -0.15) is 5.26 Å². The molecule has 120 valence electrons. The van der Waals surface area contributed by atoms with E-state index in [1.807, 2.05) is 11.0 Å². The lowest BCUT2D eigenvalue weighted by molar-refractivity contribution is -0.385. The molecule has 1 aromatic rings. The first-order chi connectivity index (χ1) is 11.1. The van der Waals surface area contributed by atoms with Crippen molar-refractivity contribution in [3.63, 3.8) is 0 Å². The largest absolute Gasteiger partial charge is 0.368 e. The van der Waals surface area contributed by atoms with Crippen LogP contribution in [0.25, 0.3) is 0 Å². The second-order valence-corrected chi connectivity index (χ2v) is 6.01. The molecule has 3 rings (SSSR count). The topological polar surface area (TPSA) is 90.5 Å². The smallest absolute Gasteiger partial charge is 0.287 e. The molecule has 1 saturated carbocycles. The Morgan fingerprint density at radius 2 is 1.96 bits per heavy atom. The second-order valence-electron chi connectivity index (χ2n) is 6.01. The summed E-state index contributed by atoms with van der Waals surface area (Å²) in [6.45, 7) is 2.69. The molecule has 1 saturated heterocycles. The van der Waals surface area contributed by atoms with Gasteiger partial charge in [0.2, 0.25) is 5.91 Å². The average Bonchev–Trinajstić information content (AvgIpc) is 2.52. The number of nitro benzene ring substituents is 1. The summed E-state index contributed by atoms with van der Waals surface area (Å²) in [4.78, 5) is 26.5. The summed E-state index contributed by atoms with van der Waals surface area (Å²) in [7, 11) is 0. The Balaban J connectivity index is 1.66. The van der Waals surface area contributed by atoms with E-state index in [0.717, 1.165) is 24.9 Å². The van der Waals surface area contributed by atoms with Crippen molar-refractivity contribution in [3.8, 4) is 6.07 Å². The van der Waals surface area contributed by atoms with Crippen LogP contribution in [0.5, 0.6) is 0 Å². The second kappa shape index (κ2) is 6.24. The number of amides is 1. The van der Waals surface area contributed by atoms with Gasteiger partial charge >= 0.3 is 0 Å². The lowest BCUT2D eigenvalue weighted by Gasteiger charge is -2.39. The molecule has 1 heterocycles.